The summed E-state index contributed by atoms with van der Waals surface area (Å²) in [5, 5.41) is 5.59. The van der Waals surface area contributed by atoms with E-state index in [-0.39, 0.29) is 17.2 Å². The van der Waals surface area contributed by atoms with Crippen LogP contribution in [0, 0.1) is 5.41 Å². The Labute approximate surface area is 130 Å². The van der Waals surface area contributed by atoms with Crippen molar-refractivity contribution in [3.05, 3.63) is 0 Å². The fraction of sp³-hybridized carbons (Fsp3) is 0.846. The van der Waals surface area contributed by atoms with Crippen molar-refractivity contribution in [2.75, 3.05) is 31.1 Å². The summed E-state index contributed by atoms with van der Waals surface area (Å²) in [5.41, 5.74) is 5.35. The molecule has 20 heavy (non-hydrogen) atoms. The van der Waals surface area contributed by atoms with Crippen LogP contribution in [0.3, 0.4) is 0 Å². The van der Waals surface area contributed by atoms with Gasteiger partial charge in [0.25, 0.3) is 0 Å². The van der Waals surface area contributed by atoms with Crippen LogP contribution in [0.2, 0.25) is 0 Å². The van der Waals surface area contributed by atoms with Crippen LogP contribution in [0.4, 0.5) is 0 Å². The minimum absolute atomic E-state index is 0.000889. The maximum atomic E-state index is 11.5. The summed E-state index contributed by atoms with van der Waals surface area (Å²) in [7, 11) is 3.42. The molecular weight excluding hydrogens is 294 g/mol. The van der Waals surface area contributed by atoms with Crippen LogP contribution in [0.5, 0.6) is 0 Å². The van der Waals surface area contributed by atoms with Crippen molar-refractivity contribution in [2.24, 2.45) is 11.1 Å². The second-order valence-corrected chi connectivity index (χ2v) is 8.32. The van der Waals surface area contributed by atoms with Crippen LogP contribution in [0.25, 0.3) is 0 Å². The number of nitrogens with one attached hydrogen (secondary N) is 2. The third kappa shape index (κ3) is 14.0. The highest BCUT2D eigenvalue weighted by Crippen LogP contribution is 2.19. The fourth-order valence-electron chi connectivity index (χ4n) is 1.35. The van der Waals surface area contributed by atoms with Gasteiger partial charge in [0.1, 0.15) is 0 Å². The number of carbonyl (C=O) groups excluding carboxylic acids is 2. The topological polar surface area (TPSA) is 84.2 Å². The zero-order valence-corrected chi connectivity index (χ0v) is 14.3. The number of amides is 2. The summed E-state index contributed by atoms with van der Waals surface area (Å²) in [6.07, 6.45) is 0.806. The Morgan fingerprint density at radius 2 is 1.60 bits per heavy atom. The van der Waals surface area contributed by atoms with Crippen LogP contribution in [-0.4, -0.2) is 43.0 Å². The summed E-state index contributed by atoms with van der Waals surface area (Å²) in [4.78, 5) is 23.0. The van der Waals surface area contributed by atoms with Crippen LogP contribution < -0.4 is 16.4 Å². The molecule has 0 aliphatic heterocycles. The lowest BCUT2D eigenvalue weighted by Crippen LogP contribution is -2.33. The highest BCUT2D eigenvalue weighted by molar-refractivity contribution is 8.76. The molecule has 0 unspecified atom stereocenters. The number of nitrogens with two attached hydrogens (primary N) is 1. The van der Waals surface area contributed by atoms with E-state index in [1.807, 2.05) is 20.8 Å². The molecule has 0 radical (unpaired) electrons. The standard InChI is InChI=1S/C13H27N3O2S2/c1-13(2,3)10-12(18)15-6-4-11(17)16-7-9-20-19-8-5-14/h4-10,14H2,1-3H3,(H,15,18)(H,16,17). The van der Waals surface area contributed by atoms with Gasteiger partial charge in [-0.05, 0) is 5.41 Å². The maximum Gasteiger partial charge on any atom is 0.221 e. The lowest BCUT2D eigenvalue weighted by atomic mass is 9.92. The zero-order chi connectivity index (χ0) is 15.4. The SMILES string of the molecule is CC(C)(C)CC(=O)NCCC(=O)NCCSSCCN. The second-order valence-electron chi connectivity index (χ2n) is 5.62. The van der Waals surface area contributed by atoms with Crippen molar-refractivity contribution in [1.82, 2.24) is 10.6 Å². The summed E-state index contributed by atoms with van der Waals surface area (Å²) in [6, 6.07) is 0. The van der Waals surface area contributed by atoms with E-state index in [9.17, 15) is 9.59 Å². The molecule has 0 aliphatic carbocycles. The number of hydrogen-bond donors (Lipinski definition) is 3. The molecule has 0 spiro atoms. The molecule has 0 aromatic rings. The van der Waals surface area contributed by atoms with E-state index in [4.69, 9.17) is 5.73 Å². The Morgan fingerprint density at radius 1 is 1.00 bits per heavy atom. The van der Waals surface area contributed by atoms with Crippen molar-refractivity contribution < 1.29 is 9.59 Å². The van der Waals surface area contributed by atoms with Crippen molar-refractivity contribution in [2.45, 2.75) is 33.6 Å². The molecule has 0 heterocycles. The first-order chi connectivity index (χ1) is 9.35. The Hall–Kier alpha value is -0.400. The Morgan fingerprint density at radius 3 is 2.20 bits per heavy atom. The molecule has 4 N–H and O–H groups in total. The molecule has 2 amide bonds. The van der Waals surface area contributed by atoms with Gasteiger partial charge in [0.05, 0.1) is 0 Å². The molecule has 0 aromatic heterocycles. The molecule has 118 valence electrons. The van der Waals surface area contributed by atoms with Gasteiger partial charge in [0.2, 0.25) is 11.8 Å². The summed E-state index contributed by atoms with van der Waals surface area (Å²) >= 11 is 0. The van der Waals surface area contributed by atoms with Gasteiger partial charge in [0.15, 0.2) is 0 Å². The van der Waals surface area contributed by atoms with E-state index in [1.165, 1.54) is 0 Å². The molecule has 0 aromatic carbocycles. The first-order valence-electron chi connectivity index (χ1n) is 6.83. The van der Waals surface area contributed by atoms with Crippen molar-refractivity contribution in [3.8, 4) is 0 Å². The van der Waals surface area contributed by atoms with E-state index >= 15 is 0 Å². The van der Waals surface area contributed by atoms with Crippen molar-refractivity contribution in [1.29, 1.82) is 0 Å². The second kappa shape index (κ2) is 11.3. The van der Waals surface area contributed by atoms with E-state index in [0.717, 1.165) is 11.5 Å². The lowest BCUT2D eigenvalue weighted by Gasteiger charge is -2.17. The lowest BCUT2D eigenvalue weighted by molar-refractivity contribution is -0.123. The van der Waals surface area contributed by atoms with Gasteiger partial charge in [-0.25, -0.2) is 0 Å². The molecule has 0 bridgehead atoms. The first kappa shape index (κ1) is 19.6. The molecule has 0 rings (SSSR count). The number of rotatable bonds is 10. The van der Waals surface area contributed by atoms with E-state index < -0.39 is 0 Å². The predicted octanol–water partition coefficient (Wildman–Crippen LogP) is 1.39. The molecular formula is C13H27N3O2S2. The molecule has 0 atom stereocenters. The Bertz CT molecular complexity index is 294. The van der Waals surface area contributed by atoms with Crippen LogP contribution in [-0.2, 0) is 9.59 Å². The largest absolute Gasteiger partial charge is 0.356 e. The normalized spacial score (nSPS) is 11.2. The van der Waals surface area contributed by atoms with Crippen molar-refractivity contribution >= 4 is 33.4 Å². The quantitative estimate of drug-likeness (QED) is 0.418. The van der Waals surface area contributed by atoms with Crippen LogP contribution in [0.1, 0.15) is 33.6 Å². The Kier molecular flexibility index (Phi) is 11.1. The third-order valence-corrected chi connectivity index (χ3v) is 4.60. The minimum atomic E-state index is -0.0231. The molecule has 5 nitrogen and oxygen atoms in total. The van der Waals surface area contributed by atoms with Gasteiger partial charge >= 0.3 is 0 Å². The number of carbonyl (C=O) groups is 2. The highest BCUT2D eigenvalue weighted by atomic mass is 33.1. The van der Waals surface area contributed by atoms with E-state index in [2.05, 4.69) is 10.6 Å². The maximum absolute atomic E-state index is 11.5. The third-order valence-electron chi connectivity index (χ3n) is 2.16. The van der Waals surface area contributed by atoms with E-state index in [1.54, 1.807) is 21.6 Å². The monoisotopic (exact) mass is 321 g/mol. The molecule has 0 saturated carbocycles. The molecule has 0 aliphatic rings. The molecule has 0 fully saturated rings. The van der Waals surface area contributed by atoms with E-state index in [0.29, 0.717) is 32.5 Å². The van der Waals surface area contributed by atoms with Gasteiger partial charge in [-0.2, -0.15) is 0 Å². The highest BCUT2D eigenvalue weighted by Gasteiger charge is 2.15. The summed E-state index contributed by atoms with van der Waals surface area (Å²) in [6.45, 7) is 7.77. The van der Waals surface area contributed by atoms with Crippen molar-refractivity contribution in [3.63, 3.8) is 0 Å². The fourth-order valence-corrected chi connectivity index (χ4v) is 3.11. The molecule has 0 saturated heterocycles. The predicted molar refractivity (Wildman–Crippen MR) is 88.7 cm³/mol. The van der Waals surface area contributed by atoms with Gasteiger partial charge < -0.3 is 16.4 Å². The minimum Gasteiger partial charge on any atom is -0.356 e. The Balaban J connectivity index is 3.47. The summed E-state index contributed by atoms with van der Waals surface area (Å²) in [5.74, 6) is 1.77. The molecule has 7 heteroatoms. The van der Waals surface area contributed by atoms with Gasteiger partial charge in [-0.1, -0.05) is 42.4 Å². The van der Waals surface area contributed by atoms with Crippen LogP contribution >= 0.6 is 21.6 Å². The van der Waals surface area contributed by atoms with Crippen LogP contribution in [0.15, 0.2) is 0 Å². The smallest absolute Gasteiger partial charge is 0.221 e. The van der Waals surface area contributed by atoms with Gasteiger partial charge in [0, 0.05) is 44.0 Å². The average Bonchev–Trinajstić information content (AvgIpc) is 2.31. The zero-order valence-electron chi connectivity index (χ0n) is 12.7. The van der Waals surface area contributed by atoms with Gasteiger partial charge in [-0.15, -0.1) is 0 Å². The average molecular weight is 322 g/mol. The number of hydrogen-bond acceptors (Lipinski definition) is 5. The van der Waals surface area contributed by atoms with Gasteiger partial charge in [-0.3, -0.25) is 9.59 Å². The summed E-state index contributed by atoms with van der Waals surface area (Å²) < 4.78 is 0. The first-order valence-corrected chi connectivity index (χ1v) is 9.32.